The lowest BCUT2D eigenvalue weighted by Gasteiger charge is -1.99. The van der Waals surface area contributed by atoms with Crippen molar-refractivity contribution in [1.29, 1.82) is 0 Å². The molecule has 1 N–H and O–H groups in total. The van der Waals surface area contributed by atoms with Gasteiger partial charge in [-0.2, -0.15) is 0 Å². The quantitative estimate of drug-likeness (QED) is 0.717. The summed E-state index contributed by atoms with van der Waals surface area (Å²) in [5.41, 5.74) is 1.11. The highest BCUT2D eigenvalue weighted by molar-refractivity contribution is 7.07. The van der Waals surface area contributed by atoms with Crippen LogP contribution in [-0.2, 0) is 0 Å². The van der Waals surface area contributed by atoms with Gasteiger partial charge in [0.1, 0.15) is 5.75 Å². The van der Waals surface area contributed by atoms with Gasteiger partial charge in [0.05, 0.1) is 16.3 Å². The summed E-state index contributed by atoms with van der Waals surface area (Å²) in [6, 6.07) is 14.0. The summed E-state index contributed by atoms with van der Waals surface area (Å²) in [6.45, 7) is 0. The fourth-order valence-electron chi connectivity index (χ4n) is 2.23. The number of aromatic nitrogens is 1. The predicted molar refractivity (Wildman–Crippen MR) is 101 cm³/mol. The van der Waals surface area contributed by atoms with Gasteiger partial charge in [0.15, 0.2) is 5.78 Å². The van der Waals surface area contributed by atoms with Gasteiger partial charge >= 0.3 is 0 Å². The van der Waals surface area contributed by atoms with Crippen molar-refractivity contribution in [2.75, 3.05) is 7.11 Å². The lowest BCUT2D eigenvalue weighted by molar-refractivity contribution is 0.106. The number of hydrogen-bond acceptors (Lipinski definition) is 4. The first-order valence-corrected chi connectivity index (χ1v) is 8.61. The van der Waals surface area contributed by atoms with Crippen LogP contribution in [0.3, 0.4) is 0 Å². The maximum atomic E-state index is 12.3. The van der Waals surface area contributed by atoms with Crippen molar-refractivity contribution in [2.24, 2.45) is 0 Å². The van der Waals surface area contributed by atoms with Crippen LogP contribution < -0.4 is 19.5 Å². The molecule has 1 aromatic heterocycles. The van der Waals surface area contributed by atoms with Crippen molar-refractivity contribution in [3.63, 3.8) is 0 Å². The first-order chi connectivity index (χ1) is 12.0. The zero-order chi connectivity index (χ0) is 17.8. The number of hydrogen-bond donors (Lipinski definition) is 1. The molecule has 3 aromatic rings. The minimum atomic E-state index is -0.237. The van der Waals surface area contributed by atoms with Crippen molar-refractivity contribution in [2.45, 2.75) is 0 Å². The molecule has 0 radical (unpaired) electrons. The van der Waals surface area contributed by atoms with Gasteiger partial charge in [-0.05, 0) is 48.0 Å². The SMILES string of the molecule is COc1ccc(C(=O)/C=c2\[nH]c(=O)/c(=C\c3cccc(Cl)c3)s2)cc1. The number of halogens is 1. The minimum Gasteiger partial charge on any atom is -0.497 e. The van der Waals surface area contributed by atoms with Gasteiger partial charge in [0.2, 0.25) is 0 Å². The molecule has 0 aliphatic heterocycles. The van der Waals surface area contributed by atoms with Crippen molar-refractivity contribution in [1.82, 2.24) is 4.98 Å². The third kappa shape index (κ3) is 4.26. The average Bonchev–Trinajstić information content (AvgIpc) is 2.94. The maximum absolute atomic E-state index is 12.3. The van der Waals surface area contributed by atoms with Crippen LogP contribution in [-0.4, -0.2) is 17.9 Å². The Labute approximate surface area is 152 Å². The van der Waals surface area contributed by atoms with Crippen LogP contribution >= 0.6 is 22.9 Å². The summed E-state index contributed by atoms with van der Waals surface area (Å²) < 4.78 is 6.08. The van der Waals surface area contributed by atoms with Gasteiger partial charge in [-0.3, -0.25) is 9.59 Å². The number of nitrogens with one attached hydrogen (secondary N) is 1. The van der Waals surface area contributed by atoms with E-state index in [1.165, 1.54) is 17.4 Å². The summed E-state index contributed by atoms with van der Waals surface area (Å²) in [6.07, 6.45) is 3.16. The molecular weight excluding hydrogens is 358 g/mol. The number of carbonyl (C=O) groups excluding carboxylic acids is 1. The Morgan fingerprint density at radius 2 is 1.96 bits per heavy atom. The minimum absolute atomic E-state index is 0.186. The van der Waals surface area contributed by atoms with Gasteiger partial charge in [0.25, 0.3) is 5.56 Å². The highest BCUT2D eigenvalue weighted by Crippen LogP contribution is 2.12. The number of H-pyrrole nitrogens is 1. The second-order valence-electron chi connectivity index (χ2n) is 5.22. The molecule has 1 heterocycles. The van der Waals surface area contributed by atoms with E-state index in [4.69, 9.17) is 16.3 Å². The van der Waals surface area contributed by atoms with E-state index in [0.29, 0.717) is 25.5 Å². The van der Waals surface area contributed by atoms with E-state index in [2.05, 4.69) is 4.98 Å². The molecule has 0 unspecified atom stereocenters. The number of aromatic amines is 1. The molecule has 25 heavy (non-hydrogen) atoms. The Kier molecular flexibility index (Phi) is 5.16. The number of carbonyl (C=O) groups is 1. The van der Waals surface area contributed by atoms with Crippen molar-refractivity contribution in [3.8, 4) is 5.75 Å². The molecule has 2 aromatic carbocycles. The molecule has 6 heteroatoms. The van der Waals surface area contributed by atoms with Gasteiger partial charge in [-0.25, -0.2) is 0 Å². The zero-order valence-corrected chi connectivity index (χ0v) is 14.9. The third-order valence-electron chi connectivity index (χ3n) is 3.46. The van der Waals surface area contributed by atoms with E-state index < -0.39 is 0 Å². The predicted octanol–water partition coefficient (Wildman–Crippen LogP) is 2.59. The maximum Gasteiger partial charge on any atom is 0.266 e. The summed E-state index contributed by atoms with van der Waals surface area (Å²) in [7, 11) is 1.57. The average molecular weight is 372 g/mol. The van der Waals surface area contributed by atoms with Gasteiger partial charge in [0, 0.05) is 16.7 Å². The molecule has 0 fully saturated rings. The zero-order valence-electron chi connectivity index (χ0n) is 13.3. The lowest BCUT2D eigenvalue weighted by atomic mass is 10.1. The Morgan fingerprint density at radius 3 is 2.64 bits per heavy atom. The molecular formula is C19H14ClNO3S. The highest BCUT2D eigenvalue weighted by atomic mass is 35.5. The van der Waals surface area contributed by atoms with Crippen LogP contribution in [0.25, 0.3) is 12.2 Å². The lowest BCUT2D eigenvalue weighted by Crippen LogP contribution is -2.20. The Morgan fingerprint density at radius 1 is 1.20 bits per heavy atom. The van der Waals surface area contributed by atoms with E-state index in [-0.39, 0.29) is 11.3 Å². The monoisotopic (exact) mass is 371 g/mol. The molecule has 0 saturated carbocycles. The Hall–Kier alpha value is -2.63. The molecule has 0 saturated heterocycles. The molecule has 3 rings (SSSR count). The highest BCUT2D eigenvalue weighted by Gasteiger charge is 2.04. The summed E-state index contributed by atoms with van der Waals surface area (Å²) in [4.78, 5) is 27.1. The molecule has 0 aliphatic rings. The van der Waals surface area contributed by atoms with Crippen molar-refractivity contribution >= 4 is 40.9 Å². The van der Waals surface area contributed by atoms with Crippen LogP contribution in [0.2, 0.25) is 5.02 Å². The summed E-state index contributed by atoms with van der Waals surface area (Å²) in [5.74, 6) is 0.494. The van der Waals surface area contributed by atoms with Crippen LogP contribution in [0.4, 0.5) is 0 Å². The van der Waals surface area contributed by atoms with Gasteiger partial charge < -0.3 is 9.72 Å². The topological polar surface area (TPSA) is 59.2 Å². The second-order valence-corrected chi connectivity index (χ2v) is 6.74. The van der Waals surface area contributed by atoms with Crippen LogP contribution in [0.1, 0.15) is 15.9 Å². The summed E-state index contributed by atoms with van der Waals surface area (Å²) >= 11 is 7.18. The van der Waals surface area contributed by atoms with Crippen LogP contribution in [0, 0.1) is 0 Å². The number of rotatable bonds is 4. The van der Waals surface area contributed by atoms with E-state index >= 15 is 0 Å². The first-order valence-electron chi connectivity index (χ1n) is 7.42. The van der Waals surface area contributed by atoms with E-state index in [1.54, 1.807) is 49.6 Å². The van der Waals surface area contributed by atoms with Gasteiger partial charge in [-0.15, -0.1) is 11.3 Å². The number of methoxy groups -OCH3 is 1. The number of ketones is 1. The molecule has 0 amide bonds. The van der Waals surface area contributed by atoms with Gasteiger partial charge in [-0.1, -0.05) is 23.7 Å². The van der Waals surface area contributed by atoms with Crippen molar-refractivity contribution < 1.29 is 9.53 Å². The number of ether oxygens (including phenoxy) is 1. The van der Waals surface area contributed by atoms with Crippen LogP contribution in [0.5, 0.6) is 5.75 Å². The molecule has 0 aliphatic carbocycles. The molecule has 0 atom stereocenters. The van der Waals surface area contributed by atoms with E-state index in [9.17, 15) is 9.59 Å². The molecule has 126 valence electrons. The molecule has 0 spiro atoms. The molecule has 0 bridgehead atoms. The first kappa shape index (κ1) is 17.2. The van der Waals surface area contributed by atoms with Crippen molar-refractivity contribution in [3.05, 3.63) is 84.2 Å². The second kappa shape index (κ2) is 7.51. The van der Waals surface area contributed by atoms with E-state index in [0.717, 1.165) is 5.56 Å². The fraction of sp³-hybridized carbons (Fsp3) is 0.0526. The smallest absolute Gasteiger partial charge is 0.266 e. The van der Waals surface area contributed by atoms with Crippen LogP contribution in [0.15, 0.2) is 53.3 Å². The fourth-order valence-corrected chi connectivity index (χ4v) is 3.31. The number of Topliss-reactive ketones (excluding diaryl/α,β-unsaturated/α-hetero) is 1. The Bertz CT molecular complexity index is 1080. The third-order valence-corrected chi connectivity index (χ3v) is 4.66. The Balaban J connectivity index is 1.94. The standard InChI is InChI=1S/C19H14ClNO3S/c1-24-15-7-5-13(6-8-15)16(22)11-18-21-19(23)17(25-18)10-12-3-2-4-14(20)9-12/h2-11H,1H3,(H,21,23)/b17-10+,18-11+. The van der Waals surface area contributed by atoms with E-state index in [1.807, 2.05) is 12.1 Å². The summed E-state index contributed by atoms with van der Waals surface area (Å²) in [5, 5.41) is 0.600. The normalized spacial score (nSPS) is 12.4. The number of thiazole rings is 1. The largest absolute Gasteiger partial charge is 0.497 e. The number of benzene rings is 2. The molecule has 4 nitrogen and oxygen atoms in total.